The Morgan fingerprint density at radius 1 is 0.810 bits per heavy atom. The van der Waals surface area contributed by atoms with Crippen LogP contribution in [0.1, 0.15) is 0 Å². The Labute approximate surface area is 123 Å². The SMILES string of the molecule is C[Si](C)(c1cccc(N=C=O)c1)c1cccc(N=C=O)c1. The van der Waals surface area contributed by atoms with Crippen LogP contribution in [-0.2, 0) is 9.59 Å². The fourth-order valence-electron chi connectivity index (χ4n) is 2.20. The van der Waals surface area contributed by atoms with E-state index in [4.69, 9.17) is 0 Å². The first-order chi connectivity index (χ1) is 10.1. The topological polar surface area (TPSA) is 58.9 Å². The van der Waals surface area contributed by atoms with Crippen LogP contribution in [0.5, 0.6) is 0 Å². The molecule has 5 heteroatoms. The van der Waals surface area contributed by atoms with Crippen molar-refractivity contribution in [2.24, 2.45) is 9.98 Å². The lowest BCUT2D eigenvalue weighted by atomic mass is 10.3. The maximum absolute atomic E-state index is 10.4. The average Bonchev–Trinajstić information content (AvgIpc) is 2.48. The molecule has 0 atom stereocenters. The Morgan fingerprint density at radius 2 is 1.24 bits per heavy atom. The van der Waals surface area contributed by atoms with Gasteiger partial charge in [-0.15, -0.1) is 0 Å². The first kappa shape index (κ1) is 14.8. The minimum atomic E-state index is -1.96. The van der Waals surface area contributed by atoms with Crippen molar-refractivity contribution < 1.29 is 9.59 Å². The molecule has 0 spiro atoms. The van der Waals surface area contributed by atoms with Crippen molar-refractivity contribution in [2.75, 3.05) is 0 Å². The summed E-state index contributed by atoms with van der Waals surface area (Å²) in [5.74, 6) is 0. The number of hydrogen-bond acceptors (Lipinski definition) is 4. The quantitative estimate of drug-likeness (QED) is 0.494. The molecule has 0 aliphatic carbocycles. The summed E-state index contributed by atoms with van der Waals surface area (Å²) in [5.41, 5.74) is 1.20. The molecular formula is C16H14N2O2Si. The highest BCUT2D eigenvalue weighted by molar-refractivity contribution is 7.00. The van der Waals surface area contributed by atoms with E-state index in [0.29, 0.717) is 11.4 Å². The fourth-order valence-corrected chi connectivity index (χ4v) is 4.58. The molecule has 0 saturated heterocycles. The van der Waals surface area contributed by atoms with E-state index < -0.39 is 8.07 Å². The summed E-state index contributed by atoms with van der Waals surface area (Å²) >= 11 is 0. The van der Waals surface area contributed by atoms with E-state index in [1.54, 1.807) is 24.3 Å². The van der Waals surface area contributed by atoms with Crippen molar-refractivity contribution in [3.8, 4) is 0 Å². The second-order valence-corrected chi connectivity index (χ2v) is 9.54. The van der Waals surface area contributed by atoms with Crippen LogP contribution in [0.2, 0.25) is 13.1 Å². The predicted octanol–water partition coefficient (Wildman–Crippen LogP) is 2.44. The van der Waals surface area contributed by atoms with Crippen LogP contribution < -0.4 is 10.4 Å². The first-order valence-corrected chi connectivity index (χ1v) is 9.45. The van der Waals surface area contributed by atoms with Crippen molar-refractivity contribution in [3.05, 3.63) is 48.5 Å². The summed E-state index contributed by atoms with van der Waals surface area (Å²) in [6.45, 7) is 4.39. The van der Waals surface area contributed by atoms with E-state index in [2.05, 4.69) is 23.1 Å². The van der Waals surface area contributed by atoms with E-state index in [9.17, 15) is 9.59 Å². The Kier molecular flexibility index (Phi) is 4.41. The third-order valence-electron chi connectivity index (χ3n) is 3.49. The molecule has 0 saturated carbocycles. The molecule has 2 rings (SSSR count). The molecule has 0 aromatic heterocycles. The van der Waals surface area contributed by atoms with Gasteiger partial charge in [0.1, 0.15) is 8.07 Å². The number of aliphatic imine (C=N–C) groups is 2. The van der Waals surface area contributed by atoms with Crippen LogP contribution in [-0.4, -0.2) is 20.2 Å². The van der Waals surface area contributed by atoms with Gasteiger partial charge >= 0.3 is 0 Å². The number of carbonyl (C=O) groups excluding carboxylic acids is 2. The van der Waals surface area contributed by atoms with E-state index in [1.165, 1.54) is 0 Å². The molecule has 0 aliphatic rings. The molecule has 0 heterocycles. The zero-order valence-corrected chi connectivity index (χ0v) is 12.8. The predicted molar refractivity (Wildman–Crippen MR) is 85.2 cm³/mol. The van der Waals surface area contributed by atoms with Crippen molar-refractivity contribution in [3.63, 3.8) is 0 Å². The molecule has 0 unspecified atom stereocenters. The highest BCUT2D eigenvalue weighted by Crippen LogP contribution is 2.15. The minimum Gasteiger partial charge on any atom is -0.211 e. The summed E-state index contributed by atoms with van der Waals surface area (Å²) < 4.78 is 0. The largest absolute Gasteiger partial charge is 0.240 e. The Morgan fingerprint density at radius 3 is 1.62 bits per heavy atom. The van der Waals surface area contributed by atoms with Gasteiger partial charge in [0.15, 0.2) is 0 Å². The molecule has 21 heavy (non-hydrogen) atoms. The van der Waals surface area contributed by atoms with E-state index in [1.807, 2.05) is 36.4 Å². The molecule has 0 bridgehead atoms. The summed E-state index contributed by atoms with van der Waals surface area (Å²) in [5, 5.41) is 2.29. The molecule has 0 N–H and O–H groups in total. The number of isocyanates is 2. The van der Waals surface area contributed by atoms with Gasteiger partial charge in [0.05, 0.1) is 11.4 Å². The van der Waals surface area contributed by atoms with Gasteiger partial charge in [-0.3, -0.25) is 0 Å². The Hall–Kier alpha value is -2.58. The van der Waals surface area contributed by atoms with E-state index in [0.717, 1.165) is 10.4 Å². The lowest BCUT2D eigenvalue weighted by Crippen LogP contribution is -2.52. The molecule has 4 nitrogen and oxygen atoms in total. The van der Waals surface area contributed by atoms with Crippen LogP contribution in [0.25, 0.3) is 0 Å². The molecule has 2 aromatic rings. The molecule has 2 aromatic carbocycles. The van der Waals surface area contributed by atoms with Crippen LogP contribution in [0, 0.1) is 0 Å². The van der Waals surface area contributed by atoms with Crippen LogP contribution in [0.15, 0.2) is 58.5 Å². The van der Waals surface area contributed by atoms with Crippen LogP contribution >= 0.6 is 0 Å². The summed E-state index contributed by atoms with van der Waals surface area (Å²) in [4.78, 5) is 28.1. The summed E-state index contributed by atoms with van der Waals surface area (Å²) in [7, 11) is -1.96. The van der Waals surface area contributed by atoms with Crippen LogP contribution in [0.3, 0.4) is 0 Å². The molecular weight excluding hydrogens is 280 g/mol. The van der Waals surface area contributed by atoms with Gasteiger partial charge in [-0.2, -0.15) is 9.98 Å². The summed E-state index contributed by atoms with van der Waals surface area (Å²) in [6.07, 6.45) is 3.12. The van der Waals surface area contributed by atoms with Crippen LogP contribution in [0.4, 0.5) is 11.4 Å². The van der Waals surface area contributed by atoms with Crippen molar-refractivity contribution in [1.82, 2.24) is 0 Å². The first-order valence-electron chi connectivity index (χ1n) is 6.45. The molecule has 104 valence electrons. The van der Waals surface area contributed by atoms with Crippen molar-refractivity contribution in [1.29, 1.82) is 0 Å². The maximum Gasteiger partial charge on any atom is 0.240 e. The molecule has 0 radical (unpaired) electrons. The van der Waals surface area contributed by atoms with Crippen molar-refractivity contribution in [2.45, 2.75) is 13.1 Å². The normalized spacial score (nSPS) is 10.4. The monoisotopic (exact) mass is 294 g/mol. The van der Waals surface area contributed by atoms with Gasteiger partial charge in [-0.25, -0.2) is 9.59 Å². The lowest BCUT2D eigenvalue weighted by molar-refractivity contribution is 0.564. The lowest BCUT2D eigenvalue weighted by Gasteiger charge is -2.24. The fraction of sp³-hybridized carbons (Fsp3) is 0.125. The Balaban J connectivity index is 2.50. The average molecular weight is 294 g/mol. The summed E-state index contributed by atoms with van der Waals surface area (Å²) in [6, 6.07) is 15.2. The third kappa shape index (κ3) is 3.30. The molecule has 0 aliphatic heterocycles. The van der Waals surface area contributed by atoms with Gasteiger partial charge in [-0.05, 0) is 24.3 Å². The van der Waals surface area contributed by atoms with Gasteiger partial charge in [0.2, 0.25) is 12.2 Å². The number of benzene rings is 2. The van der Waals surface area contributed by atoms with Gasteiger partial charge < -0.3 is 0 Å². The number of hydrogen-bond donors (Lipinski definition) is 0. The number of nitrogens with zero attached hydrogens (tertiary/aromatic N) is 2. The van der Waals surface area contributed by atoms with Gasteiger partial charge in [-0.1, -0.05) is 47.7 Å². The Bertz CT molecular complexity index is 695. The zero-order valence-electron chi connectivity index (χ0n) is 11.8. The second kappa shape index (κ2) is 6.24. The van der Waals surface area contributed by atoms with Gasteiger partial charge in [0, 0.05) is 0 Å². The van der Waals surface area contributed by atoms with Crippen molar-refractivity contribution >= 4 is 42.0 Å². The highest BCUT2D eigenvalue weighted by Gasteiger charge is 2.26. The number of rotatable bonds is 4. The maximum atomic E-state index is 10.4. The smallest absolute Gasteiger partial charge is 0.211 e. The van der Waals surface area contributed by atoms with E-state index in [-0.39, 0.29) is 0 Å². The minimum absolute atomic E-state index is 0.602. The standard InChI is InChI=1S/C16H14N2O2Si/c1-21(2,15-7-3-5-13(9-15)17-11-19)16-8-4-6-14(10-16)18-12-20/h3-10H,1-2H3. The molecule has 0 amide bonds. The van der Waals surface area contributed by atoms with E-state index >= 15 is 0 Å². The zero-order chi connectivity index (χ0) is 15.3. The molecule has 0 fully saturated rings. The van der Waals surface area contributed by atoms with Gasteiger partial charge in [0.25, 0.3) is 0 Å². The third-order valence-corrected chi connectivity index (χ3v) is 6.99. The second-order valence-electron chi connectivity index (χ2n) is 5.13. The highest BCUT2D eigenvalue weighted by atomic mass is 28.3.